The minimum atomic E-state index is -0.674. The van der Waals surface area contributed by atoms with E-state index in [2.05, 4.69) is 15.4 Å². The summed E-state index contributed by atoms with van der Waals surface area (Å²) >= 11 is 0. The van der Waals surface area contributed by atoms with Crippen molar-refractivity contribution in [1.82, 2.24) is 19.7 Å². The third kappa shape index (κ3) is 3.37. The Kier molecular flexibility index (Phi) is 4.82. The van der Waals surface area contributed by atoms with E-state index in [9.17, 15) is 9.59 Å². The predicted molar refractivity (Wildman–Crippen MR) is 111 cm³/mol. The zero-order valence-electron chi connectivity index (χ0n) is 17.0. The molecule has 150 valence electrons. The molecular weight excluding hydrogens is 366 g/mol. The fourth-order valence-electron chi connectivity index (χ4n) is 4.23. The summed E-state index contributed by atoms with van der Waals surface area (Å²) in [6, 6.07) is 11.8. The normalized spacial score (nSPS) is 16.0. The number of aromatic nitrogens is 3. The van der Waals surface area contributed by atoms with Crippen LogP contribution in [0.5, 0.6) is 0 Å². The summed E-state index contributed by atoms with van der Waals surface area (Å²) in [5.74, 6) is -0.0108. The van der Waals surface area contributed by atoms with E-state index in [4.69, 9.17) is 0 Å². The Balaban J connectivity index is 1.66. The highest BCUT2D eigenvalue weighted by molar-refractivity contribution is 6.00. The molecule has 4 rings (SSSR count). The number of carbonyl (C=O) groups is 2. The van der Waals surface area contributed by atoms with Crippen molar-refractivity contribution < 1.29 is 9.59 Å². The lowest BCUT2D eigenvalue weighted by molar-refractivity contribution is -0.133. The smallest absolute Gasteiger partial charge is 0.235 e. The molecule has 0 spiro atoms. The molecule has 0 radical (unpaired) electrons. The summed E-state index contributed by atoms with van der Waals surface area (Å²) in [6.07, 6.45) is 2.85. The topological polar surface area (TPSA) is 80.1 Å². The number of hydrogen-bond donors (Lipinski definition) is 1. The van der Waals surface area contributed by atoms with E-state index in [1.165, 1.54) is 0 Å². The number of fused-ring (bicyclic) bond motifs is 1. The van der Waals surface area contributed by atoms with E-state index in [0.717, 1.165) is 22.3 Å². The first-order valence-corrected chi connectivity index (χ1v) is 9.82. The van der Waals surface area contributed by atoms with Crippen LogP contribution in [0.4, 0.5) is 5.69 Å². The van der Waals surface area contributed by atoms with Crippen molar-refractivity contribution >= 4 is 28.5 Å². The van der Waals surface area contributed by atoms with E-state index in [1.807, 2.05) is 50.4 Å². The summed E-state index contributed by atoms with van der Waals surface area (Å²) in [5, 5.41) is 8.39. The molecule has 0 atom stereocenters. The maximum Gasteiger partial charge on any atom is 0.235 e. The third-order valence-corrected chi connectivity index (χ3v) is 5.94. The van der Waals surface area contributed by atoms with E-state index < -0.39 is 5.41 Å². The largest absolute Gasteiger partial charge is 0.343 e. The highest BCUT2D eigenvalue weighted by atomic mass is 16.2. The minimum absolute atomic E-state index is 0.0498. The van der Waals surface area contributed by atoms with Crippen molar-refractivity contribution in [2.45, 2.75) is 32.1 Å². The standard InChI is InChI=1S/C22H25N5O2/c1-15-19-13-18(14-23-20(19)26(3)25-15)24-21(29)22(17-7-5-4-6-8-17)9-11-27(12-10-22)16(2)28/h4-8,13-14H,9-12H2,1-3H3,(H,24,29). The van der Waals surface area contributed by atoms with Crippen LogP contribution in [-0.4, -0.2) is 44.6 Å². The highest BCUT2D eigenvalue weighted by Gasteiger charge is 2.43. The molecule has 0 saturated carbocycles. The zero-order chi connectivity index (χ0) is 20.6. The lowest BCUT2D eigenvalue weighted by Gasteiger charge is -2.40. The lowest BCUT2D eigenvalue weighted by atomic mass is 9.72. The predicted octanol–water partition coefficient (Wildman–Crippen LogP) is 2.80. The molecule has 1 aromatic carbocycles. The van der Waals surface area contributed by atoms with Gasteiger partial charge in [0.1, 0.15) is 0 Å². The lowest BCUT2D eigenvalue weighted by Crippen LogP contribution is -2.50. The molecule has 7 nitrogen and oxygen atoms in total. The average Bonchev–Trinajstić information content (AvgIpc) is 3.01. The first kappa shape index (κ1) is 19.1. The van der Waals surface area contributed by atoms with Crippen molar-refractivity contribution in [1.29, 1.82) is 0 Å². The molecular formula is C22H25N5O2. The Labute approximate surface area is 169 Å². The summed E-state index contributed by atoms with van der Waals surface area (Å²) in [7, 11) is 1.85. The summed E-state index contributed by atoms with van der Waals surface area (Å²) in [4.78, 5) is 31.6. The van der Waals surface area contributed by atoms with Gasteiger partial charge < -0.3 is 10.2 Å². The van der Waals surface area contributed by atoms with Crippen LogP contribution in [0.15, 0.2) is 42.6 Å². The van der Waals surface area contributed by atoms with E-state index in [1.54, 1.807) is 22.7 Å². The quantitative estimate of drug-likeness (QED) is 0.745. The van der Waals surface area contributed by atoms with Crippen LogP contribution in [0.1, 0.15) is 31.0 Å². The fraction of sp³-hybridized carbons (Fsp3) is 0.364. The minimum Gasteiger partial charge on any atom is -0.343 e. The van der Waals surface area contributed by atoms with Crippen LogP contribution in [0.3, 0.4) is 0 Å². The second-order valence-corrected chi connectivity index (χ2v) is 7.71. The molecule has 29 heavy (non-hydrogen) atoms. The van der Waals surface area contributed by atoms with Crippen LogP contribution < -0.4 is 5.32 Å². The van der Waals surface area contributed by atoms with Gasteiger partial charge in [-0.2, -0.15) is 5.10 Å². The van der Waals surface area contributed by atoms with Gasteiger partial charge in [-0.1, -0.05) is 30.3 Å². The van der Waals surface area contributed by atoms with Gasteiger partial charge in [0, 0.05) is 32.4 Å². The van der Waals surface area contributed by atoms with Gasteiger partial charge in [0.15, 0.2) is 5.65 Å². The van der Waals surface area contributed by atoms with Crippen LogP contribution >= 0.6 is 0 Å². The number of piperidine rings is 1. The Morgan fingerprint density at radius 2 is 1.83 bits per heavy atom. The number of carbonyl (C=O) groups excluding carboxylic acids is 2. The number of benzene rings is 1. The Bertz CT molecular complexity index is 1070. The van der Waals surface area contributed by atoms with Crippen molar-refractivity contribution in [2.75, 3.05) is 18.4 Å². The number of nitrogens with one attached hydrogen (secondary N) is 1. The van der Waals surface area contributed by atoms with Crippen molar-refractivity contribution in [3.8, 4) is 0 Å². The highest BCUT2D eigenvalue weighted by Crippen LogP contribution is 2.37. The van der Waals surface area contributed by atoms with Crippen molar-refractivity contribution in [3.63, 3.8) is 0 Å². The Hall–Kier alpha value is -3.22. The van der Waals surface area contributed by atoms with E-state index >= 15 is 0 Å². The van der Waals surface area contributed by atoms with Gasteiger partial charge in [-0.3, -0.25) is 14.3 Å². The molecule has 3 aromatic rings. The number of hydrogen-bond acceptors (Lipinski definition) is 4. The molecule has 0 unspecified atom stereocenters. The molecule has 2 amide bonds. The molecule has 0 aliphatic carbocycles. The molecule has 0 bridgehead atoms. The maximum atomic E-state index is 13.5. The monoisotopic (exact) mass is 391 g/mol. The van der Waals surface area contributed by atoms with Gasteiger partial charge in [0.05, 0.1) is 23.0 Å². The number of pyridine rings is 1. The number of anilines is 1. The molecule has 1 saturated heterocycles. The van der Waals surface area contributed by atoms with Gasteiger partial charge >= 0.3 is 0 Å². The molecule has 1 fully saturated rings. The number of aryl methyl sites for hydroxylation is 2. The summed E-state index contributed by atoms with van der Waals surface area (Å²) < 4.78 is 1.74. The molecule has 1 N–H and O–H groups in total. The number of likely N-dealkylation sites (tertiary alicyclic amines) is 1. The molecule has 1 aliphatic rings. The summed E-state index contributed by atoms with van der Waals surface area (Å²) in [6.45, 7) is 4.64. The van der Waals surface area contributed by atoms with Gasteiger partial charge in [-0.25, -0.2) is 4.98 Å². The van der Waals surface area contributed by atoms with Crippen molar-refractivity contribution in [2.24, 2.45) is 7.05 Å². The Morgan fingerprint density at radius 1 is 1.14 bits per heavy atom. The molecule has 2 aromatic heterocycles. The van der Waals surface area contributed by atoms with E-state index in [-0.39, 0.29) is 11.8 Å². The molecule has 7 heteroatoms. The SMILES string of the molecule is CC(=O)N1CCC(C(=O)Nc2cnc3c(c2)c(C)nn3C)(c2ccccc2)CC1. The van der Waals surface area contributed by atoms with Crippen LogP contribution in [-0.2, 0) is 22.1 Å². The second kappa shape index (κ2) is 7.31. The third-order valence-electron chi connectivity index (χ3n) is 5.94. The maximum absolute atomic E-state index is 13.5. The molecule has 1 aliphatic heterocycles. The fourth-order valence-corrected chi connectivity index (χ4v) is 4.23. The first-order chi connectivity index (χ1) is 13.9. The van der Waals surface area contributed by atoms with Gasteiger partial charge in [-0.15, -0.1) is 0 Å². The average molecular weight is 391 g/mol. The van der Waals surface area contributed by atoms with Gasteiger partial charge in [0.25, 0.3) is 0 Å². The summed E-state index contributed by atoms with van der Waals surface area (Å²) in [5.41, 5.74) is 2.62. The van der Waals surface area contributed by atoms with Crippen molar-refractivity contribution in [3.05, 3.63) is 53.9 Å². The number of rotatable bonds is 3. The first-order valence-electron chi connectivity index (χ1n) is 9.82. The van der Waals surface area contributed by atoms with Crippen LogP contribution in [0, 0.1) is 6.92 Å². The van der Waals surface area contributed by atoms with Crippen LogP contribution in [0.2, 0.25) is 0 Å². The van der Waals surface area contributed by atoms with E-state index in [0.29, 0.717) is 31.6 Å². The van der Waals surface area contributed by atoms with Gasteiger partial charge in [-0.05, 0) is 31.4 Å². The number of nitrogens with zero attached hydrogens (tertiary/aromatic N) is 4. The second-order valence-electron chi connectivity index (χ2n) is 7.71. The van der Waals surface area contributed by atoms with Gasteiger partial charge in [0.2, 0.25) is 11.8 Å². The number of amides is 2. The zero-order valence-corrected chi connectivity index (χ0v) is 17.0. The Morgan fingerprint density at radius 3 is 2.48 bits per heavy atom. The van der Waals surface area contributed by atoms with Crippen LogP contribution in [0.25, 0.3) is 11.0 Å². The molecule has 3 heterocycles.